The molecule has 1 heterocycles. The summed E-state index contributed by atoms with van der Waals surface area (Å²) in [5.74, 6) is -1.69. The van der Waals surface area contributed by atoms with E-state index in [1.54, 1.807) is 12.4 Å². The molecular formula is C12H12F2N2O2S2. The first kappa shape index (κ1) is 14.9. The minimum Gasteiger partial charge on any atom is -0.315 e. The Morgan fingerprint density at radius 1 is 1.20 bits per heavy atom. The van der Waals surface area contributed by atoms with Crippen molar-refractivity contribution in [3.8, 4) is 0 Å². The summed E-state index contributed by atoms with van der Waals surface area (Å²) in [5, 5.41) is 4.51. The zero-order valence-electron chi connectivity index (χ0n) is 10.5. The molecule has 0 saturated heterocycles. The van der Waals surface area contributed by atoms with Gasteiger partial charge in [0, 0.05) is 17.5 Å². The largest absolute Gasteiger partial charge is 0.315 e. The predicted octanol–water partition coefficient (Wildman–Crippen LogP) is 2.55. The van der Waals surface area contributed by atoms with Crippen molar-refractivity contribution in [3.05, 3.63) is 46.2 Å². The molecule has 1 aromatic heterocycles. The molecule has 0 fully saturated rings. The lowest BCUT2D eigenvalue weighted by atomic mass is 10.3. The van der Waals surface area contributed by atoms with Crippen LogP contribution in [-0.4, -0.2) is 15.5 Å². The third kappa shape index (κ3) is 3.33. The van der Waals surface area contributed by atoms with Crippen LogP contribution in [-0.2, 0) is 16.6 Å². The monoisotopic (exact) mass is 318 g/mol. The number of hydrogen-bond donors (Lipinski definition) is 2. The van der Waals surface area contributed by atoms with Gasteiger partial charge in [0.05, 0.1) is 5.69 Å². The molecular weight excluding hydrogens is 306 g/mol. The maximum absolute atomic E-state index is 13.1. The molecule has 8 heteroatoms. The molecule has 0 unspecified atom stereocenters. The molecule has 2 N–H and O–H groups in total. The molecule has 0 aliphatic rings. The van der Waals surface area contributed by atoms with Crippen LogP contribution in [0.15, 0.2) is 34.5 Å². The van der Waals surface area contributed by atoms with Gasteiger partial charge >= 0.3 is 0 Å². The van der Waals surface area contributed by atoms with Crippen LogP contribution >= 0.6 is 11.3 Å². The summed E-state index contributed by atoms with van der Waals surface area (Å²) in [7, 11) is -2.17. The van der Waals surface area contributed by atoms with Crippen LogP contribution in [0.25, 0.3) is 0 Å². The highest BCUT2D eigenvalue weighted by molar-refractivity contribution is 7.93. The van der Waals surface area contributed by atoms with Crippen LogP contribution < -0.4 is 10.0 Å². The fourth-order valence-electron chi connectivity index (χ4n) is 1.68. The fraction of sp³-hybridized carbons (Fsp3) is 0.167. The van der Waals surface area contributed by atoms with Gasteiger partial charge in [0.2, 0.25) is 0 Å². The summed E-state index contributed by atoms with van der Waals surface area (Å²) in [6.45, 7) is 0.394. The van der Waals surface area contributed by atoms with E-state index in [2.05, 4.69) is 10.0 Å². The highest BCUT2D eigenvalue weighted by Crippen LogP contribution is 2.24. The second kappa shape index (κ2) is 5.86. The van der Waals surface area contributed by atoms with E-state index in [0.717, 1.165) is 12.1 Å². The van der Waals surface area contributed by atoms with Gasteiger partial charge in [-0.1, -0.05) is 0 Å². The molecule has 0 amide bonds. The van der Waals surface area contributed by atoms with Crippen LogP contribution in [0.3, 0.4) is 0 Å². The number of benzene rings is 1. The lowest BCUT2D eigenvalue weighted by Crippen LogP contribution is -2.15. The zero-order valence-corrected chi connectivity index (χ0v) is 12.1. The van der Waals surface area contributed by atoms with Crippen LogP contribution in [0.1, 0.15) is 4.88 Å². The molecule has 108 valence electrons. The Labute approximate surface area is 119 Å². The van der Waals surface area contributed by atoms with E-state index < -0.39 is 21.7 Å². The van der Waals surface area contributed by atoms with Crippen molar-refractivity contribution in [2.75, 3.05) is 11.8 Å². The number of rotatable bonds is 5. The van der Waals surface area contributed by atoms with Crippen molar-refractivity contribution in [3.63, 3.8) is 0 Å². The van der Waals surface area contributed by atoms with Gasteiger partial charge < -0.3 is 5.32 Å². The summed E-state index contributed by atoms with van der Waals surface area (Å²) in [6.07, 6.45) is 0. The smallest absolute Gasteiger partial charge is 0.263 e. The summed E-state index contributed by atoms with van der Waals surface area (Å²) in [4.78, 5) is 0.721. The van der Waals surface area contributed by atoms with Crippen LogP contribution in [0.2, 0.25) is 0 Å². The van der Waals surface area contributed by atoms with Crippen molar-refractivity contribution >= 4 is 27.0 Å². The molecule has 1 aromatic carbocycles. The van der Waals surface area contributed by atoms with Crippen molar-refractivity contribution in [2.45, 2.75) is 11.4 Å². The zero-order chi connectivity index (χ0) is 14.8. The maximum atomic E-state index is 13.1. The number of sulfonamides is 1. The van der Waals surface area contributed by atoms with E-state index in [-0.39, 0.29) is 10.6 Å². The van der Waals surface area contributed by atoms with E-state index in [0.29, 0.717) is 17.5 Å². The molecule has 0 atom stereocenters. The Morgan fingerprint density at radius 2 is 1.85 bits per heavy atom. The number of anilines is 1. The topological polar surface area (TPSA) is 58.2 Å². The standard InChI is InChI=1S/C12H12F2N2O2S2/c1-15-7-11-12(2-3-19-11)20(17,18)16-10-5-8(13)4-9(14)6-10/h2-6,15-16H,7H2,1H3. The molecule has 0 bridgehead atoms. The summed E-state index contributed by atoms with van der Waals surface area (Å²) < 4.78 is 52.7. The summed E-state index contributed by atoms with van der Waals surface area (Å²) in [6, 6.07) is 3.97. The molecule has 0 spiro atoms. The Morgan fingerprint density at radius 3 is 2.45 bits per heavy atom. The second-order valence-electron chi connectivity index (χ2n) is 4.00. The number of hydrogen-bond acceptors (Lipinski definition) is 4. The van der Waals surface area contributed by atoms with Crippen molar-refractivity contribution in [1.82, 2.24) is 5.32 Å². The van der Waals surface area contributed by atoms with Gasteiger partial charge in [-0.3, -0.25) is 4.72 Å². The van der Waals surface area contributed by atoms with Gasteiger partial charge in [0.25, 0.3) is 10.0 Å². The molecule has 0 radical (unpaired) electrons. The van der Waals surface area contributed by atoms with Gasteiger partial charge in [0.15, 0.2) is 0 Å². The fourth-order valence-corrected chi connectivity index (χ4v) is 4.18. The van der Waals surface area contributed by atoms with Crippen LogP contribution in [0, 0.1) is 11.6 Å². The minimum absolute atomic E-state index is 0.0986. The normalized spacial score (nSPS) is 11.6. The SMILES string of the molecule is CNCc1sccc1S(=O)(=O)Nc1cc(F)cc(F)c1. The number of thiophene rings is 1. The van der Waals surface area contributed by atoms with E-state index in [1.807, 2.05) is 0 Å². The molecule has 2 aromatic rings. The lowest BCUT2D eigenvalue weighted by Gasteiger charge is -2.09. The van der Waals surface area contributed by atoms with Gasteiger partial charge in [0.1, 0.15) is 16.5 Å². The van der Waals surface area contributed by atoms with Gasteiger partial charge in [-0.15, -0.1) is 11.3 Å². The quantitative estimate of drug-likeness (QED) is 0.891. The molecule has 20 heavy (non-hydrogen) atoms. The number of halogens is 2. The maximum Gasteiger partial charge on any atom is 0.263 e. The first-order valence-corrected chi connectivity index (χ1v) is 7.98. The summed E-state index contributed by atoms with van der Waals surface area (Å²) in [5.41, 5.74) is -0.149. The summed E-state index contributed by atoms with van der Waals surface area (Å²) >= 11 is 1.29. The van der Waals surface area contributed by atoms with Gasteiger partial charge in [-0.25, -0.2) is 17.2 Å². The van der Waals surface area contributed by atoms with Crippen molar-refractivity contribution in [1.29, 1.82) is 0 Å². The third-order valence-corrected chi connectivity index (χ3v) is 4.96. The van der Waals surface area contributed by atoms with Crippen LogP contribution in [0.5, 0.6) is 0 Å². The average Bonchev–Trinajstić information content (AvgIpc) is 2.76. The molecule has 0 saturated carbocycles. The van der Waals surface area contributed by atoms with Crippen LogP contribution in [0.4, 0.5) is 14.5 Å². The Hall–Kier alpha value is -1.51. The molecule has 0 aliphatic heterocycles. The molecule has 2 rings (SSSR count). The Bertz CT molecular complexity index is 694. The average molecular weight is 318 g/mol. The number of nitrogens with one attached hydrogen (secondary N) is 2. The minimum atomic E-state index is -3.87. The van der Waals surface area contributed by atoms with E-state index in [9.17, 15) is 17.2 Å². The van der Waals surface area contributed by atoms with Gasteiger partial charge in [-0.2, -0.15) is 0 Å². The first-order valence-electron chi connectivity index (χ1n) is 5.62. The van der Waals surface area contributed by atoms with Crippen molar-refractivity contribution in [2.24, 2.45) is 0 Å². The lowest BCUT2D eigenvalue weighted by molar-refractivity contribution is 0.584. The second-order valence-corrected chi connectivity index (χ2v) is 6.65. The Kier molecular flexibility index (Phi) is 4.36. The molecule has 4 nitrogen and oxygen atoms in total. The van der Waals surface area contributed by atoms with E-state index in [1.165, 1.54) is 17.4 Å². The molecule has 0 aliphatic carbocycles. The van der Waals surface area contributed by atoms with Crippen molar-refractivity contribution < 1.29 is 17.2 Å². The van der Waals surface area contributed by atoms with Gasteiger partial charge in [-0.05, 0) is 30.6 Å². The highest BCUT2D eigenvalue weighted by Gasteiger charge is 2.20. The first-order chi connectivity index (χ1) is 9.42. The van der Waals surface area contributed by atoms with E-state index in [4.69, 9.17) is 0 Å². The van der Waals surface area contributed by atoms with E-state index >= 15 is 0 Å². The third-order valence-electron chi connectivity index (χ3n) is 2.45. The highest BCUT2D eigenvalue weighted by atomic mass is 32.2. The Balaban J connectivity index is 2.33. The predicted molar refractivity (Wildman–Crippen MR) is 74.2 cm³/mol.